The van der Waals surface area contributed by atoms with Crippen LogP contribution in [0.3, 0.4) is 0 Å². The largest absolute Gasteiger partial charge is 0.446 e. The molecule has 25 heavy (non-hydrogen) atoms. The molecule has 0 aliphatic heterocycles. The Morgan fingerprint density at radius 1 is 1.04 bits per heavy atom. The van der Waals surface area contributed by atoms with Crippen molar-refractivity contribution in [3.05, 3.63) is 35.9 Å². The van der Waals surface area contributed by atoms with Crippen LogP contribution in [0.1, 0.15) is 31.2 Å². The Balaban J connectivity index is 1.60. The highest BCUT2D eigenvalue weighted by atomic mass is 16.6. The monoisotopic (exact) mass is 349 g/mol. The summed E-state index contributed by atoms with van der Waals surface area (Å²) in [6.45, 7) is 0.181. The number of amides is 3. The molecule has 1 aliphatic rings. The van der Waals surface area contributed by atoms with Crippen molar-refractivity contribution in [3.63, 3.8) is 0 Å². The fourth-order valence-electron chi connectivity index (χ4n) is 2.71. The molecular formula is C17H23N3O5. The maximum absolute atomic E-state index is 12.0. The molecular weight excluding hydrogens is 326 g/mol. The standard InChI is InChI=1S/C17H23N3O5/c18-17(23)25-14-8-6-13(7-9-14)16(22)20-19-15(21)11-24-10-12-4-2-1-3-5-12/h1-5,13-14H,6-11H2,(H2,18,23)(H,19,21)(H,20,22). The van der Waals surface area contributed by atoms with Crippen LogP contribution in [0.5, 0.6) is 0 Å². The van der Waals surface area contributed by atoms with Crippen molar-refractivity contribution in [2.45, 2.75) is 38.4 Å². The third kappa shape index (κ3) is 6.80. The molecule has 1 saturated carbocycles. The van der Waals surface area contributed by atoms with E-state index in [1.54, 1.807) is 0 Å². The quantitative estimate of drug-likeness (QED) is 0.662. The van der Waals surface area contributed by atoms with Gasteiger partial charge in [0.2, 0.25) is 5.91 Å². The molecule has 8 nitrogen and oxygen atoms in total. The van der Waals surface area contributed by atoms with E-state index in [1.165, 1.54) is 0 Å². The third-order valence-corrected chi connectivity index (χ3v) is 4.00. The highest BCUT2D eigenvalue weighted by molar-refractivity contribution is 5.83. The molecule has 4 N–H and O–H groups in total. The van der Waals surface area contributed by atoms with Crippen LogP contribution in [0.15, 0.2) is 30.3 Å². The Kier molecular flexibility index (Phi) is 7.21. The molecule has 136 valence electrons. The van der Waals surface area contributed by atoms with Crippen LogP contribution in [-0.2, 0) is 25.7 Å². The maximum Gasteiger partial charge on any atom is 0.404 e. The second-order valence-corrected chi connectivity index (χ2v) is 5.93. The number of nitrogens with two attached hydrogens (primary N) is 1. The number of primary amides is 1. The average Bonchev–Trinajstić information content (AvgIpc) is 2.61. The van der Waals surface area contributed by atoms with Gasteiger partial charge in [-0.15, -0.1) is 0 Å². The van der Waals surface area contributed by atoms with E-state index in [0.29, 0.717) is 32.3 Å². The summed E-state index contributed by atoms with van der Waals surface area (Å²) in [5.41, 5.74) is 10.7. The minimum atomic E-state index is -0.796. The molecule has 0 heterocycles. The molecule has 0 aromatic heterocycles. The molecule has 1 aromatic rings. The average molecular weight is 349 g/mol. The number of carbonyl (C=O) groups is 3. The predicted octanol–water partition coefficient (Wildman–Crippen LogP) is 1.00. The third-order valence-electron chi connectivity index (χ3n) is 4.00. The number of hydrogen-bond acceptors (Lipinski definition) is 5. The molecule has 3 amide bonds. The van der Waals surface area contributed by atoms with Gasteiger partial charge in [0, 0.05) is 5.92 Å². The van der Waals surface area contributed by atoms with Gasteiger partial charge in [-0.05, 0) is 31.2 Å². The van der Waals surface area contributed by atoms with Crippen molar-refractivity contribution in [3.8, 4) is 0 Å². The molecule has 0 saturated heterocycles. The summed E-state index contributed by atoms with van der Waals surface area (Å²) in [6.07, 6.45) is 1.27. The van der Waals surface area contributed by atoms with Crippen molar-refractivity contribution in [2.75, 3.05) is 6.61 Å². The van der Waals surface area contributed by atoms with Crippen LogP contribution in [0.2, 0.25) is 0 Å². The summed E-state index contributed by atoms with van der Waals surface area (Å²) < 4.78 is 10.2. The van der Waals surface area contributed by atoms with Gasteiger partial charge in [0.15, 0.2) is 0 Å². The summed E-state index contributed by atoms with van der Waals surface area (Å²) in [5.74, 6) is -0.901. The van der Waals surface area contributed by atoms with Gasteiger partial charge >= 0.3 is 6.09 Å². The van der Waals surface area contributed by atoms with Gasteiger partial charge in [0.1, 0.15) is 12.7 Å². The van der Waals surface area contributed by atoms with Crippen LogP contribution >= 0.6 is 0 Å². The molecule has 1 aromatic carbocycles. The lowest BCUT2D eigenvalue weighted by molar-refractivity contribution is -0.134. The fourth-order valence-corrected chi connectivity index (χ4v) is 2.71. The summed E-state index contributed by atoms with van der Waals surface area (Å²) in [4.78, 5) is 34.4. The van der Waals surface area contributed by atoms with Crippen LogP contribution in [-0.4, -0.2) is 30.6 Å². The van der Waals surface area contributed by atoms with Gasteiger partial charge in [-0.3, -0.25) is 20.4 Å². The molecule has 1 fully saturated rings. The van der Waals surface area contributed by atoms with E-state index in [2.05, 4.69) is 10.9 Å². The fraction of sp³-hybridized carbons (Fsp3) is 0.471. The van der Waals surface area contributed by atoms with Gasteiger partial charge in [-0.25, -0.2) is 4.79 Å². The number of carbonyl (C=O) groups excluding carboxylic acids is 3. The molecule has 0 bridgehead atoms. The van der Waals surface area contributed by atoms with Crippen LogP contribution in [0, 0.1) is 5.92 Å². The molecule has 2 rings (SSSR count). The highest BCUT2D eigenvalue weighted by Gasteiger charge is 2.28. The highest BCUT2D eigenvalue weighted by Crippen LogP contribution is 2.26. The maximum atomic E-state index is 12.0. The Bertz CT molecular complexity index is 585. The molecule has 8 heteroatoms. The Labute approximate surface area is 146 Å². The number of ether oxygens (including phenoxy) is 2. The van der Waals surface area contributed by atoms with Crippen molar-refractivity contribution < 1.29 is 23.9 Å². The first-order valence-corrected chi connectivity index (χ1v) is 8.21. The molecule has 0 spiro atoms. The summed E-state index contributed by atoms with van der Waals surface area (Å²) in [6, 6.07) is 9.49. The Morgan fingerprint density at radius 3 is 2.36 bits per heavy atom. The van der Waals surface area contributed by atoms with Crippen molar-refractivity contribution >= 4 is 17.9 Å². The van der Waals surface area contributed by atoms with Crippen LogP contribution < -0.4 is 16.6 Å². The Morgan fingerprint density at radius 2 is 1.72 bits per heavy atom. The number of benzene rings is 1. The zero-order valence-electron chi connectivity index (χ0n) is 13.9. The topological polar surface area (TPSA) is 120 Å². The summed E-state index contributed by atoms with van der Waals surface area (Å²) in [7, 11) is 0. The summed E-state index contributed by atoms with van der Waals surface area (Å²) >= 11 is 0. The SMILES string of the molecule is NC(=O)OC1CCC(C(=O)NNC(=O)COCc2ccccc2)CC1. The zero-order chi connectivity index (χ0) is 18.1. The van der Waals surface area contributed by atoms with Crippen molar-refractivity contribution in [2.24, 2.45) is 11.7 Å². The molecule has 0 atom stereocenters. The first-order chi connectivity index (χ1) is 12.0. The number of rotatable bonds is 6. The van der Waals surface area contributed by atoms with E-state index in [0.717, 1.165) is 5.56 Å². The Hall–Kier alpha value is -2.61. The van der Waals surface area contributed by atoms with Gasteiger partial charge < -0.3 is 15.2 Å². The second kappa shape index (κ2) is 9.63. The summed E-state index contributed by atoms with van der Waals surface area (Å²) in [5, 5.41) is 0. The smallest absolute Gasteiger partial charge is 0.404 e. The predicted molar refractivity (Wildman–Crippen MR) is 88.8 cm³/mol. The van der Waals surface area contributed by atoms with Gasteiger partial charge in [0.05, 0.1) is 6.61 Å². The first-order valence-electron chi connectivity index (χ1n) is 8.21. The number of hydrogen-bond donors (Lipinski definition) is 3. The first kappa shape index (κ1) is 18.7. The normalized spacial score (nSPS) is 19.7. The van der Waals surface area contributed by atoms with Gasteiger partial charge in [0.25, 0.3) is 5.91 Å². The van der Waals surface area contributed by atoms with Crippen molar-refractivity contribution in [1.29, 1.82) is 0 Å². The molecule has 0 unspecified atom stereocenters. The van der Waals surface area contributed by atoms with Crippen LogP contribution in [0.4, 0.5) is 4.79 Å². The van der Waals surface area contributed by atoms with E-state index < -0.39 is 12.0 Å². The lowest BCUT2D eigenvalue weighted by Gasteiger charge is -2.26. The van der Waals surface area contributed by atoms with E-state index in [9.17, 15) is 14.4 Å². The lowest BCUT2D eigenvalue weighted by Crippen LogP contribution is -2.46. The zero-order valence-corrected chi connectivity index (χ0v) is 13.9. The van der Waals surface area contributed by atoms with E-state index >= 15 is 0 Å². The van der Waals surface area contributed by atoms with E-state index in [1.807, 2.05) is 30.3 Å². The molecule has 1 aliphatic carbocycles. The number of nitrogens with one attached hydrogen (secondary N) is 2. The number of hydrazine groups is 1. The minimum Gasteiger partial charge on any atom is -0.446 e. The van der Waals surface area contributed by atoms with Crippen molar-refractivity contribution in [1.82, 2.24) is 10.9 Å². The van der Waals surface area contributed by atoms with E-state index in [4.69, 9.17) is 15.2 Å². The minimum absolute atomic E-state index is 0.144. The van der Waals surface area contributed by atoms with Crippen LogP contribution in [0.25, 0.3) is 0 Å². The molecule has 0 radical (unpaired) electrons. The lowest BCUT2D eigenvalue weighted by atomic mass is 9.87. The van der Waals surface area contributed by atoms with Gasteiger partial charge in [-0.1, -0.05) is 30.3 Å². The van der Waals surface area contributed by atoms with E-state index in [-0.39, 0.29) is 24.5 Å². The second-order valence-electron chi connectivity index (χ2n) is 5.93. The van der Waals surface area contributed by atoms with Gasteiger partial charge in [-0.2, -0.15) is 0 Å².